The highest BCUT2D eigenvalue weighted by molar-refractivity contribution is 5.97. The van der Waals surface area contributed by atoms with E-state index >= 15 is 0 Å². The molecule has 1 aromatic heterocycles. The number of carbonyl (C=O) groups is 1. The number of nitrogens with one attached hydrogen (secondary N) is 2. The van der Waals surface area contributed by atoms with Crippen LogP contribution in [-0.4, -0.2) is 29.4 Å². The van der Waals surface area contributed by atoms with Gasteiger partial charge < -0.3 is 9.30 Å². The summed E-state index contributed by atoms with van der Waals surface area (Å²) >= 11 is 0. The quantitative estimate of drug-likeness (QED) is 0.352. The van der Waals surface area contributed by atoms with Crippen molar-refractivity contribution in [2.75, 3.05) is 12.5 Å². The van der Waals surface area contributed by atoms with Crippen LogP contribution in [0.5, 0.6) is 0 Å². The van der Waals surface area contributed by atoms with Crippen LogP contribution in [0.15, 0.2) is 65.8 Å². The summed E-state index contributed by atoms with van der Waals surface area (Å²) in [5, 5.41) is 9.15. The molecule has 2 aliphatic heterocycles. The van der Waals surface area contributed by atoms with Crippen molar-refractivity contribution in [3.05, 3.63) is 77.5 Å². The zero-order chi connectivity index (χ0) is 25.8. The van der Waals surface area contributed by atoms with Crippen LogP contribution in [-0.2, 0) is 27.7 Å². The third-order valence-electron chi connectivity index (χ3n) is 7.90. The predicted octanol–water partition coefficient (Wildman–Crippen LogP) is 5.70. The largest absolute Gasteiger partial charge is 0.468 e. The Kier molecular flexibility index (Phi) is 5.63. The number of allylic oxidation sites excluding steroid dienone is 2. The number of hydrogen-bond donors (Lipinski definition) is 2. The number of aromatic nitrogens is 1. The van der Waals surface area contributed by atoms with Gasteiger partial charge in [-0.15, -0.1) is 0 Å². The molecule has 3 aliphatic rings. The van der Waals surface area contributed by atoms with Gasteiger partial charge in [0.05, 0.1) is 29.6 Å². The van der Waals surface area contributed by atoms with E-state index in [1.165, 1.54) is 35.9 Å². The number of anilines is 1. The standard InChI is InChI=1S/C28H27F3N4O2/c1-37-26(36)23-16-21-20-4-2-3-5-24(20)35-25(21)22(32-23)12-15-27(35)13-10-19(11-14-27)34-33-18-8-6-17(7-9-18)28(29,30)31/h2-10,13,22-23,32-33H,11-12,14-16H2,1H3/b34-19+/t22-,23-,27-/m1/s1. The fraction of sp³-hybridized carbons (Fsp3) is 0.357. The third-order valence-corrected chi connectivity index (χ3v) is 7.90. The SMILES string of the molecule is COC(=O)[C@H]1Cc2c3n(c4ccccc24)[C@@]2(C=C/C(=N\Nc4ccc(C(F)(F)F)cc4)CC2)CC[C@H]3N1. The molecular formula is C28H27F3N4O2. The van der Waals surface area contributed by atoms with Gasteiger partial charge in [0.25, 0.3) is 0 Å². The molecule has 0 radical (unpaired) electrons. The molecule has 0 bridgehead atoms. The Morgan fingerprint density at radius 3 is 2.65 bits per heavy atom. The van der Waals surface area contributed by atoms with Gasteiger partial charge in [-0.25, -0.2) is 0 Å². The normalized spacial score (nSPS) is 25.9. The first kappa shape index (κ1) is 23.8. The summed E-state index contributed by atoms with van der Waals surface area (Å²) in [7, 11) is 1.43. The van der Waals surface area contributed by atoms with Gasteiger partial charge in [0.2, 0.25) is 0 Å². The molecule has 2 N–H and O–H groups in total. The lowest BCUT2D eigenvalue weighted by molar-refractivity contribution is -0.143. The van der Waals surface area contributed by atoms with E-state index in [1.54, 1.807) is 0 Å². The van der Waals surface area contributed by atoms with Crippen LogP contribution in [0.25, 0.3) is 10.9 Å². The number of hydrogen-bond acceptors (Lipinski definition) is 5. The number of fused-ring (bicyclic) bond motifs is 4. The van der Waals surface area contributed by atoms with E-state index in [0.717, 1.165) is 49.0 Å². The zero-order valence-corrected chi connectivity index (χ0v) is 20.3. The molecule has 0 saturated heterocycles. The molecule has 192 valence electrons. The average Bonchev–Trinajstić information content (AvgIpc) is 3.26. The second-order valence-corrected chi connectivity index (χ2v) is 9.98. The lowest BCUT2D eigenvalue weighted by Gasteiger charge is -2.45. The molecule has 1 aliphatic carbocycles. The second kappa shape index (κ2) is 8.76. The number of alkyl halides is 3. The molecule has 0 amide bonds. The minimum atomic E-state index is -4.36. The Morgan fingerprint density at radius 2 is 1.95 bits per heavy atom. The smallest absolute Gasteiger partial charge is 0.416 e. The van der Waals surface area contributed by atoms with E-state index in [-0.39, 0.29) is 23.6 Å². The van der Waals surface area contributed by atoms with Crippen LogP contribution in [0, 0.1) is 0 Å². The summed E-state index contributed by atoms with van der Waals surface area (Å²) in [4.78, 5) is 12.4. The second-order valence-electron chi connectivity index (χ2n) is 9.98. The highest BCUT2D eigenvalue weighted by Gasteiger charge is 2.45. The van der Waals surface area contributed by atoms with Crippen molar-refractivity contribution in [2.45, 2.75) is 55.9 Å². The highest BCUT2D eigenvalue weighted by Crippen LogP contribution is 2.49. The zero-order valence-electron chi connectivity index (χ0n) is 20.3. The minimum absolute atomic E-state index is 0.0793. The maximum Gasteiger partial charge on any atom is 0.416 e. The molecule has 3 atom stereocenters. The molecule has 6 nitrogen and oxygen atoms in total. The number of benzene rings is 2. The first-order valence-electron chi connectivity index (χ1n) is 12.4. The topological polar surface area (TPSA) is 67.7 Å². The van der Waals surface area contributed by atoms with Crippen molar-refractivity contribution < 1.29 is 22.7 Å². The maximum atomic E-state index is 12.8. The molecule has 37 heavy (non-hydrogen) atoms. The van der Waals surface area contributed by atoms with Crippen molar-refractivity contribution in [1.82, 2.24) is 9.88 Å². The summed E-state index contributed by atoms with van der Waals surface area (Å²) in [6.45, 7) is 0. The Hall–Kier alpha value is -3.59. The number of carbonyl (C=O) groups excluding carboxylic acids is 1. The van der Waals surface area contributed by atoms with E-state index in [0.29, 0.717) is 12.1 Å². The minimum Gasteiger partial charge on any atom is -0.468 e. The first-order valence-corrected chi connectivity index (χ1v) is 12.4. The van der Waals surface area contributed by atoms with Crippen molar-refractivity contribution >= 4 is 28.3 Å². The van der Waals surface area contributed by atoms with Crippen molar-refractivity contribution in [3.8, 4) is 0 Å². The molecular weight excluding hydrogens is 481 g/mol. The Morgan fingerprint density at radius 1 is 1.16 bits per heavy atom. The molecule has 3 aromatic rings. The Bertz CT molecular complexity index is 1420. The lowest BCUT2D eigenvalue weighted by Crippen LogP contribution is -2.50. The molecule has 3 heterocycles. The Balaban J connectivity index is 1.30. The number of nitrogens with zero attached hydrogens (tertiary/aromatic N) is 2. The number of ether oxygens (including phenoxy) is 1. The summed E-state index contributed by atoms with van der Waals surface area (Å²) in [5.74, 6) is -0.235. The number of rotatable bonds is 3. The van der Waals surface area contributed by atoms with Crippen LogP contribution in [0.4, 0.5) is 18.9 Å². The number of hydrazone groups is 1. The Labute approximate surface area is 212 Å². The molecule has 1 spiro atoms. The summed E-state index contributed by atoms with van der Waals surface area (Å²) in [6, 6.07) is 13.0. The van der Waals surface area contributed by atoms with Gasteiger partial charge in [0.1, 0.15) is 6.04 Å². The predicted molar refractivity (Wildman–Crippen MR) is 135 cm³/mol. The fourth-order valence-corrected chi connectivity index (χ4v) is 6.11. The van der Waals surface area contributed by atoms with Crippen molar-refractivity contribution in [3.63, 3.8) is 0 Å². The fourth-order valence-electron chi connectivity index (χ4n) is 6.11. The van der Waals surface area contributed by atoms with Gasteiger partial charge in [-0.3, -0.25) is 15.5 Å². The van der Waals surface area contributed by atoms with Gasteiger partial charge in [-0.2, -0.15) is 18.3 Å². The monoisotopic (exact) mass is 508 g/mol. The van der Waals surface area contributed by atoms with Gasteiger partial charge >= 0.3 is 12.1 Å². The van der Waals surface area contributed by atoms with E-state index in [4.69, 9.17) is 4.74 Å². The van der Waals surface area contributed by atoms with Crippen LogP contribution in [0.2, 0.25) is 0 Å². The highest BCUT2D eigenvalue weighted by atomic mass is 19.4. The van der Waals surface area contributed by atoms with E-state index in [2.05, 4.69) is 38.6 Å². The molecule has 0 saturated carbocycles. The van der Waals surface area contributed by atoms with Crippen LogP contribution in [0.1, 0.15) is 48.5 Å². The molecule has 0 unspecified atom stereocenters. The van der Waals surface area contributed by atoms with E-state index < -0.39 is 11.7 Å². The van der Waals surface area contributed by atoms with Gasteiger partial charge in [-0.05, 0) is 67.7 Å². The molecule has 0 fully saturated rings. The number of para-hydroxylation sites is 1. The summed E-state index contributed by atoms with van der Waals surface area (Å²) in [5.41, 5.74) is 6.99. The van der Waals surface area contributed by atoms with Gasteiger partial charge in [-0.1, -0.05) is 24.3 Å². The molecule has 9 heteroatoms. The number of halogens is 3. The first-order chi connectivity index (χ1) is 17.8. The van der Waals surface area contributed by atoms with Crippen LogP contribution in [0.3, 0.4) is 0 Å². The lowest BCUT2D eigenvalue weighted by atomic mass is 9.77. The van der Waals surface area contributed by atoms with Gasteiger partial charge in [0.15, 0.2) is 0 Å². The molecule has 2 aromatic carbocycles. The van der Waals surface area contributed by atoms with Crippen molar-refractivity contribution in [2.24, 2.45) is 5.10 Å². The van der Waals surface area contributed by atoms with Gasteiger partial charge in [0, 0.05) is 29.1 Å². The summed E-state index contributed by atoms with van der Waals surface area (Å²) < 4.78 is 45.9. The van der Waals surface area contributed by atoms with E-state index in [9.17, 15) is 18.0 Å². The van der Waals surface area contributed by atoms with Crippen LogP contribution < -0.4 is 10.7 Å². The molecule has 6 rings (SSSR count). The summed E-state index contributed by atoms with van der Waals surface area (Å²) in [6.07, 6.45) is 3.88. The van der Waals surface area contributed by atoms with Crippen molar-refractivity contribution in [1.29, 1.82) is 0 Å². The number of esters is 1. The average molecular weight is 509 g/mol. The van der Waals surface area contributed by atoms with Crippen LogP contribution >= 0.6 is 0 Å². The number of methoxy groups -OCH3 is 1. The van der Waals surface area contributed by atoms with E-state index in [1.807, 2.05) is 18.2 Å². The maximum absolute atomic E-state index is 12.8. The third kappa shape index (κ3) is 4.01.